The van der Waals surface area contributed by atoms with Crippen LogP contribution in [0.2, 0.25) is 0 Å². The van der Waals surface area contributed by atoms with Crippen LogP contribution in [0.4, 0.5) is 0 Å². The molecule has 29 heavy (non-hydrogen) atoms. The standard InChI is InChI=1S/C16H14P.C9H7.2ClH.Ti/c1-12-6-2-5-9-16(12)17-15-10-13-7-3-4-8-14(13)11-15;1-2-5-9-7-3-6-8(9)4-1;;;/h2-11,17H,1H3;1-7H;2*1H;/q;;;;+2/p-2. The molecule has 3 aromatic carbocycles. The molecule has 4 heteroatoms. The van der Waals surface area contributed by atoms with Crippen molar-refractivity contribution < 1.29 is 44.0 Å². The second-order valence-corrected chi connectivity index (χ2v) is 11.0. The first-order valence-electron chi connectivity index (χ1n) is 9.46. The van der Waals surface area contributed by atoms with Crippen molar-refractivity contribution in [3.63, 3.8) is 0 Å². The molecule has 144 valence electrons. The molecule has 3 aromatic rings. The van der Waals surface area contributed by atoms with Gasteiger partial charge in [0.15, 0.2) is 0 Å². The Kier molecular flexibility index (Phi) is 7.60. The van der Waals surface area contributed by atoms with Crippen molar-refractivity contribution >= 4 is 26.0 Å². The van der Waals surface area contributed by atoms with Gasteiger partial charge in [-0.1, -0.05) is 0 Å². The van der Waals surface area contributed by atoms with E-state index in [0.717, 1.165) is 8.58 Å². The van der Waals surface area contributed by atoms with Crippen LogP contribution in [0, 0.1) is 6.92 Å². The number of rotatable bonds is 4. The third-order valence-electron chi connectivity index (χ3n) is 5.50. The van der Waals surface area contributed by atoms with Gasteiger partial charge >= 0.3 is 173 Å². The van der Waals surface area contributed by atoms with Crippen molar-refractivity contribution in [1.29, 1.82) is 0 Å². The van der Waals surface area contributed by atoms with Gasteiger partial charge in [-0.15, -0.1) is 0 Å². The zero-order valence-electron chi connectivity index (χ0n) is 16.1. The molecule has 5 rings (SSSR count). The molecule has 2 aliphatic carbocycles. The van der Waals surface area contributed by atoms with Gasteiger partial charge in [-0.05, 0) is 0 Å². The average Bonchev–Trinajstić information content (AvgIpc) is 3.26. The van der Waals surface area contributed by atoms with Gasteiger partial charge in [0, 0.05) is 0 Å². The summed E-state index contributed by atoms with van der Waals surface area (Å²) in [7, 11) is 0.777. The molecule has 0 aliphatic heterocycles. The van der Waals surface area contributed by atoms with Crippen LogP contribution in [-0.2, 0) is 19.2 Å². The van der Waals surface area contributed by atoms with Crippen molar-refractivity contribution in [2.24, 2.45) is 0 Å². The van der Waals surface area contributed by atoms with Crippen LogP contribution in [0.5, 0.6) is 0 Å². The van der Waals surface area contributed by atoms with Crippen molar-refractivity contribution in [2.75, 3.05) is 0 Å². The van der Waals surface area contributed by atoms with E-state index in [2.05, 4.69) is 97.9 Å². The fraction of sp³-hybridized carbons (Fsp3) is 0.120. The number of hydrogen-bond donors (Lipinski definition) is 0. The van der Waals surface area contributed by atoms with E-state index in [0.29, 0.717) is 8.45 Å². The molecule has 0 heterocycles. The molecule has 3 atom stereocenters. The number of benzene rings is 3. The van der Waals surface area contributed by atoms with E-state index in [1.54, 1.807) is 16.4 Å². The molecule has 0 aromatic heterocycles. The monoisotopic (exact) mass is 470 g/mol. The maximum atomic E-state index is 2.49. The molecular formula is C25H21Cl2PTi. The fourth-order valence-electron chi connectivity index (χ4n) is 4.05. The maximum Gasteiger partial charge on any atom is -1.00 e. The van der Waals surface area contributed by atoms with Crippen LogP contribution in [0.25, 0.3) is 12.2 Å². The molecule has 0 amide bonds. The Hall–Kier alpha value is -1.14. The van der Waals surface area contributed by atoms with E-state index in [1.165, 1.54) is 22.0 Å². The number of fused-ring (bicyclic) bond motifs is 2. The average molecular weight is 471 g/mol. The number of hydrogen-bond acceptors (Lipinski definition) is 0. The van der Waals surface area contributed by atoms with E-state index < -0.39 is 0 Å². The Morgan fingerprint density at radius 3 is 2.21 bits per heavy atom. The first kappa shape index (κ1) is 22.5. The van der Waals surface area contributed by atoms with Crippen LogP contribution >= 0.6 is 8.58 Å². The summed E-state index contributed by atoms with van der Waals surface area (Å²) in [4.78, 5) is 0. The summed E-state index contributed by atoms with van der Waals surface area (Å²) in [5.74, 6) is 0. The molecule has 2 aliphatic rings. The number of halogens is 2. The van der Waals surface area contributed by atoms with Crippen molar-refractivity contribution in [1.82, 2.24) is 0 Å². The third kappa shape index (κ3) is 4.48. The van der Waals surface area contributed by atoms with Gasteiger partial charge < -0.3 is 24.8 Å². The van der Waals surface area contributed by atoms with Crippen LogP contribution in [0.3, 0.4) is 0 Å². The van der Waals surface area contributed by atoms with E-state index in [-0.39, 0.29) is 44.0 Å². The second-order valence-electron chi connectivity index (χ2n) is 7.23. The maximum absolute atomic E-state index is 2.49. The fourth-order valence-corrected chi connectivity index (χ4v) is 8.71. The summed E-state index contributed by atoms with van der Waals surface area (Å²) >= 11 is -0.223. The molecule has 3 unspecified atom stereocenters. The summed E-state index contributed by atoms with van der Waals surface area (Å²) < 4.78 is 1.28. The summed E-state index contributed by atoms with van der Waals surface area (Å²) in [6, 6.07) is 26.9. The van der Waals surface area contributed by atoms with Gasteiger partial charge in [0.1, 0.15) is 0 Å². The smallest absolute Gasteiger partial charge is 1.00 e. The molecule has 0 spiro atoms. The van der Waals surface area contributed by atoms with E-state index in [9.17, 15) is 0 Å². The topological polar surface area (TPSA) is 0 Å². The Labute approximate surface area is 196 Å². The van der Waals surface area contributed by atoms with Crippen molar-refractivity contribution in [3.05, 3.63) is 112 Å². The molecular weight excluding hydrogens is 450 g/mol. The van der Waals surface area contributed by atoms with E-state index in [4.69, 9.17) is 0 Å². The summed E-state index contributed by atoms with van der Waals surface area (Å²) in [5, 5.41) is 3.14. The van der Waals surface area contributed by atoms with Gasteiger partial charge in [-0.3, -0.25) is 0 Å². The van der Waals surface area contributed by atoms with Crippen LogP contribution in [-0.4, -0.2) is 0 Å². The van der Waals surface area contributed by atoms with Gasteiger partial charge in [-0.25, -0.2) is 0 Å². The molecule has 0 saturated heterocycles. The Balaban J connectivity index is 0.00000120. The number of allylic oxidation sites excluding steroid dienone is 2. The van der Waals surface area contributed by atoms with Crippen LogP contribution in [0.15, 0.2) is 84.2 Å². The molecule has 0 fully saturated rings. The Bertz CT molecular complexity index is 1070. The molecule has 0 N–H and O–H groups in total. The minimum atomic E-state index is -0.223. The second kappa shape index (κ2) is 9.78. The van der Waals surface area contributed by atoms with Gasteiger partial charge in [0.25, 0.3) is 0 Å². The van der Waals surface area contributed by atoms with Crippen molar-refractivity contribution in [3.8, 4) is 0 Å². The quantitative estimate of drug-likeness (QED) is 0.379. The van der Waals surface area contributed by atoms with Crippen molar-refractivity contribution in [2.45, 2.75) is 15.4 Å². The molecule has 0 nitrogen and oxygen atoms in total. The van der Waals surface area contributed by atoms with E-state index in [1.807, 2.05) is 0 Å². The zero-order chi connectivity index (χ0) is 18.2. The minimum absolute atomic E-state index is 0. The van der Waals surface area contributed by atoms with Crippen LogP contribution < -0.4 is 30.1 Å². The SMILES string of the molecule is Cc1ccccc1PC1=Cc2ccccc2[CH]1[Ti+2][CH]1C=Cc2ccccc21.[Cl-].[Cl-]. The normalized spacial score (nSPS) is 18.4. The summed E-state index contributed by atoms with van der Waals surface area (Å²) in [6.07, 6.45) is 7.27. The van der Waals surface area contributed by atoms with Crippen LogP contribution in [0.1, 0.15) is 36.3 Å². The first-order valence-corrected chi connectivity index (χ1v) is 12.3. The van der Waals surface area contributed by atoms with Gasteiger partial charge in [-0.2, -0.15) is 0 Å². The number of aryl methyl sites for hydroxylation is 1. The predicted molar refractivity (Wildman–Crippen MR) is 115 cm³/mol. The minimum Gasteiger partial charge on any atom is -1.00 e. The zero-order valence-corrected chi connectivity index (χ0v) is 20.1. The Morgan fingerprint density at radius 2 is 1.41 bits per heavy atom. The Morgan fingerprint density at radius 1 is 0.759 bits per heavy atom. The molecule has 0 radical (unpaired) electrons. The van der Waals surface area contributed by atoms with Gasteiger partial charge in [0.2, 0.25) is 0 Å². The predicted octanol–water partition coefficient (Wildman–Crippen LogP) is 0.253. The largest absolute Gasteiger partial charge is 1.00 e. The van der Waals surface area contributed by atoms with Gasteiger partial charge in [0.05, 0.1) is 0 Å². The third-order valence-corrected chi connectivity index (χ3v) is 10.3. The summed E-state index contributed by atoms with van der Waals surface area (Å²) in [6.45, 7) is 2.24. The first-order chi connectivity index (χ1) is 13.3. The molecule has 0 saturated carbocycles. The molecule has 0 bridgehead atoms. The van der Waals surface area contributed by atoms with E-state index >= 15 is 0 Å². The summed E-state index contributed by atoms with van der Waals surface area (Å²) in [5.41, 5.74) is 7.38.